The Morgan fingerprint density at radius 1 is 1.19 bits per heavy atom. The van der Waals surface area contributed by atoms with Crippen LogP contribution in [-0.2, 0) is 4.79 Å². The predicted molar refractivity (Wildman–Crippen MR) is 65.5 cm³/mol. The van der Waals surface area contributed by atoms with E-state index in [0.29, 0.717) is 5.92 Å². The normalized spacial score (nSPS) is 12.7. The van der Waals surface area contributed by atoms with Crippen molar-refractivity contribution in [2.45, 2.75) is 39.0 Å². The van der Waals surface area contributed by atoms with Crippen LogP contribution in [0.5, 0.6) is 0 Å². The zero-order valence-electron chi connectivity index (χ0n) is 10.0. The van der Waals surface area contributed by atoms with Gasteiger partial charge in [0.2, 0.25) is 0 Å². The Kier molecular flexibility index (Phi) is 5.03. The Morgan fingerprint density at radius 2 is 1.75 bits per heavy atom. The molecule has 0 aliphatic heterocycles. The van der Waals surface area contributed by atoms with Crippen molar-refractivity contribution in [3.05, 3.63) is 35.9 Å². The van der Waals surface area contributed by atoms with Crippen LogP contribution in [0.3, 0.4) is 0 Å². The maximum atomic E-state index is 10.9. The van der Waals surface area contributed by atoms with E-state index >= 15 is 0 Å². The fourth-order valence-electron chi connectivity index (χ4n) is 2.30. The Hall–Kier alpha value is -1.31. The zero-order chi connectivity index (χ0) is 12.0. The van der Waals surface area contributed by atoms with Gasteiger partial charge in [-0.3, -0.25) is 4.79 Å². The topological polar surface area (TPSA) is 37.3 Å². The summed E-state index contributed by atoms with van der Waals surface area (Å²) < 4.78 is 0. The molecule has 16 heavy (non-hydrogen) atoms. The van der Waals surface area contributed by atoms with Crippen molar-refractivity contribution in [1.82, 2.24) is 0 Å². The lowest BCUT2D eigenvalue weighted by Gasteiger charge is -2.24. The fourth-order valence-corrected chi connectivity index (χ4v) is 2.30. The molecule has 0 heterocycles. The summed E-state index contributed by atoms with van der Waals surface area (Å²) >= 11 is 0. The van der Waals surface area contributed by atoms with Gasteiger partial charge in [0.1, 0.15) is 0 Å². The minimum absolute atomic E-state index is 0.147. The highest BCUT2D eigenvalue weighted by Gasteiger charge is 2.22. The van der Waals surface area contributed by atoms with E-state index < -0.39 is 5.97 Å². The van der Waals surface area contributed by atoms with Crippen molar-refractivity contribution in [2.24, 2.45) is 5.92 Å². The summed E-state index contributed by atoms with van der Waals surface area (Å²) in [5.41, 5.74) is 1.15. The van der Waals surface area contributed by atoms with E-state index in [-0.39, 0.29) is 12.3 Å². The molecule has 1 aromatic rings. The van der Waals surface area contributed by atoms with Crippen LogP contribution in [0.1, 0.15) is 44.6 Å². The number of hydrogen-bond donors (Lipinski definition) is 1. The first-order chi connectivity index (χ1) is 7.69. The molecule has 0 saturated heterocycles. The number of rotatable bonds is 6. The second kappa shape index (κ2) is 6.31. The van der Waals surface area contributed by atoms with Gasteiger partial charge in [-0.1, -0.05) is 57.0 Å². The summed E-state index contributed by atoms with van der Waals surface area (Å²) in [6, 6.07) is 9.99. The van der Waals surface area contributed by atoms with Gasteiger partial charge in [0.15, 0.2) is 0 Å². The van der Waals surface area contributed by atoms with Gasteiger partial charge in [-0.25, -0.2) is 0 Å². The molecule has 0 radical (unpaired) electrons. The molecule has 1 unspecified atom stereocenters. The molecule has 0 saturated carbocycles. The van der Waals surface area contributed by atoms with Crippen LogP contribution >= 0.6 is 0 Å². The summed E-state index contributed by atoms with van der Waals surface area (Å²) in [5, 5.41) is 8.99. The van der Waals surface area contributed by atoms with Gasteiger partial charge in [0.05, 0.1) is 6.42 Å². The van der Waals surface area contributed by atoms with Gasteiger partial charge in [-0.2, -0.15) is 0 Å². The molecular formula is C14H20O2. The van der Waals surface area contributed by atoms with Crippen LogP contribution < -0.4 is 0 Å². The molecule has 1 atom stereocenters. The van der Waals surface area contributed by atoms with Crippen LogP contribution in [0.2, 0.25) is 0 Å². The molecule has 1 N–H and O–H groups in total. The molecule has 0 amide bonds. The van der Waals surface area contributed by atoms with Crippen molar-refractivity contribution in [1.29, 1.82) is 0 Å². The summed E-state index contributed by atoms with van der Waals surface area (Å²) in [4.78, 5) is 10.9. The molecule has 0 aromatic heterocycles. The number of carboxylic acids is 1. The van der Waals surface area contributed by atoms with Gasteiger partial charge in [0.25, 0.3) is 0 Å². The molecule has 1 rings (SSSR count). The summed E-state index contributed by atoms with van der Waals surface area (Å²) in [7, 11) is 0. The first-order valence-corrected chi connectivity index (χ1v) is 5.95. The molecule has 0 bridgehead atoms. The minimum Gasteiger partial charge on any atom is -0.481 e. The second-order valence-corrected chi connectivity index (χ2v) is 4.19. The number of carbonyl (C=O) groups is 1. The molecule has 0 spiro atoms. The van der Waals surface area contributed by atoms with E-state index in [1.165, 1.54) is 0 Å². The number of carboxylic acid groups (broad SMARTS) is 1. The van der Waals surface area contributed by atoms with Crippen LogP contribution in [0.25, 0.3) is 0 Å². The Labute approximate surface area is 97.3 Å². The van der Waals surface area contributed by atoms with Crippen molar-refractivity contribution in [3.63, 3.8) is 0 Å². The first kappa shape index (κ1) is 12.8. The third-order valence-electron chi connectivity index (χ3n) is 3.24. The Bertz CT molecular complexity index is 315. The molecule has 2 nitrogen and oxygen atoms in total. The number of benzene rings is 1. The van der Waals surface area contributed by atoms with Gasteiger partial charge < -0.3 is 5.11 Å². The molecule has 0 fully saturated rings. The smallest absolute Gasteiger partial charge is 0.303 e. The van der Waals surface area contributed by atoms with Crippen LogP contribution in [0.15, 0.2) is 30.3 Å². The standard InChI is InChI=1S/C14H20O2/c1-3-11(4-2)13(10-14(15)16)12-8-6-5-7-9-12/h5-9,11,13H,3-4,10H2,1-2H3,(H,15,16). The van der Waals surface area contributed by atoms with Gasteiger partial charge in [0, 0.05) is 0 Å². The highest BCUT2D eigenvalue weighted by atomic mass is 16.4. The van der Waals surface area contributed by atoms with E-state index in [2.05, 4.69) is 13.8 Å². The third-order valence-corrected chi connectivity index (χ3v) is 3.24. The molecule has 1 aromatic carbocycles. The second-order valence-electron chi connectivity index (χ2n) is 4.19. The molecule has 0 aliphatic rings. The number of hydrogen-bond acceptors (Lipinski definition) is 1. The quantitative estimate of drug-likeness (QED) is 0.794. The lowest BCUT2D eigenvalue weighted by Crippen LogP contribution is -2.15. The zero-order valence-corrected chi connectivity index (χ0v) is 10.0. The van der Waals surface area contributed by atoms with E-state index in [0.717, 1.165) is 18.4 Å². The van der Waals surface area contributed by atoms with Crippen molar-refractivity contribution in [3.8, 4) is 0 Å². The maximum Gasteiger partial charge on any atom is 0.303 e. The summed E-state index contributed by atoms with van der Waals surface area (Å²) in [6.45, 7) is 4.26. The van der Waals surface area contributed by atoms with E-state index in [4.69, 9.17) is 5.11 Å². The Balaban J connectivity index is 2.90. The molecular weight excluding hydrogens is 200 g/mol. The van der Waals surface area contributed by atoms with Gasteiger partial charge >= 0.3 is 5.97 Å². The largest absolute Gasteiger partial charge is 0.481 e. The van der Waals surface area contributed by atoms with Crippen molar-refractivity contribution < 1.29 is 9.90 Å². The van der Waals surface area contributed by atoms with E-state index in [1.807, 2.05) is 30.3 Å². The van der Waals surface area contributed by atoms with Crippen LogP contribution in [0.4, 0.5) is 0 Å². The first-order valence-electron chi connectivity index (χ1n) is 5.95. The highest BCUT2D eigenvalue weighted by molar-refractivity contribution is 5.68. The van der Waals surface area contributed by atoms with Crippen LogP contribution in [-0.4, -0.2) is 11.1 Å². The Morgan fingerprint density at radius 3 is 2.19 bits per heavy atom. The molecule has 88 valence electrons. The van der Waals surface area contributed by atoms with Gasteiger partial charge in [-0.15, -0.1) is 0 Å². The molecule has 2 heteroatoms. The SMILES string of the molecule is CCC(CC)C(CC(=O)O)c1ccccc1. The maximum absolute atomic E-state index is 10.9. The van der Waals surface area contributed by atoms with E-state index in [9.17, 15) is 4.79 Å². The summed E-state index contributed by atoms with van der Waals surface area (Å²) in [5.74, 6) is -0.104. The lowest BCUT2D eigenvalue weighted by atomic mass is 9.80. The fraction of sp³-hybridized carbons (Fsp3) is 0.500. The van der Waals surface area contributed by atoms with Crippen LogP contribution in [0, 0.1) is 5.92 Å². The third kappa shape index (κ3) is 3.37. The minimum atomic E-state index is -0.708. The van der Waals surface area contributed by atoms with E-state index in [1.54, 1.807) is 0 Å². The van der Waals surface area contributed by atoms with Gasteiger partial charge in [-0.05, 0) is 17.4 Å². The highest BCUT2D eigenvalue weighted by Crippen LogP contribution is 2.32. The van der Waals surface area contributed by atoms with Crippen molar-refractivity contribution in [2.75, 3.05) is 0 Å². The van der Waals surface area contributed by atoms with Crippen molar-refractivity contribution >= 4 is 5.97 Å². The monoisotopic (exact) mass is 220 g/mol. The molecule has 0 aliphatic carbocycles. The predicted octanol–water partition coefficient (Wildman–Crippen LogP) is 3.68. The summed E-state index contributed by atoms with van der Waals surface area (Å²) in [6.07, 6.45) is 2.29. The average Bonchev–Trinajstić information content (AvgIpc) is 2.30. The lowest BCUT2D eigenvalue weighted by molar-refractivity contribution is -0.137. The average molecular weight is 220 g/mol. The number of aliphatic carboxylic acids is 1.